The Morgan fingerprint density at radius 1 is 1.05 bits per heavy atom. The van der Waals surface area contributed by atoms with Crippen LogP contribution in [0.25, 0.3) is 11.0 Å². The molecule has 0 N–H and O–H groups in total. The number of imidazole rings is 1. The second kappa shape index (κ2) is 13.4. The standard InChI is InChI=1S/C34H40N4O2/c1-3-20-38(34(39)40-25-28-15-13-27(2)14-16-28)31-18-22-36(23-19-31)21-17-30(29-9-5-4-6-10-29)24-37-26-35-32-11-7-8-12-33(32)37/h3-16,26,30-31H,1,17-25H2,2H3. The molecule has 0 aliphatic carbocycles. The fourth-order valence-electron chi connectivity index (χ4n) is 5.70. The molecule has 4 aromatic rings. The molecule has 0 spiro atoms. The minimum atomic E-state index is -0.254. The van der Waals surface area contributed by atoms with Gasteiger partial charge < -0.3 is 19.1 Å². The Morgan fingerprint density at radius 2 is 1.77 bits per heavy atom. The number of nitrogens with zero attached hydrogens (tertiary/aromatic N) is 4. The highest BCUT2D eigenvalue weighted by atomic mass is 16.6. The summed E-state index contributed by atoms with van der Waals surface area (Å²) < 4.78 is 7.98. The number of para-hydroxylation sites is 2. The molecule has 1 saturated heterocycles. The number of hydrogen-bond acceptors (Lipinski definition) is 4. The molecule has 1 aromatic heterocycles. The van der Waals surface area contributed by atoms with Gasteiger partial charge in [0, 0.05) is 38.1 Å². The minimum Gasteiger partial charge on any atom is -0.445 e. The molecule has 0 saturated carbocycles. The number of ether oxygens (including phenoxy) is 1. The predicted molar refractivity (Wildman–Crippen MR) is 161 cm³/mol. The third-order valence-corrected chi connectivity index (χ3v) is 8.05. The van der Waals surface area contributed by atoms with Gasteiger partial charge in [-0.2, -0.15) is 0 Å². The van der Waals surface area contributed by atoms with Crippen LogP contribution in [0.5, 0.6) is 0 Å². The van der Waals surface area contributed by atoms with Crippen molar-refractivity contribution >= 4 is 17.1 Å². The molecule has 1 atom stereocenters. The molecular formula is C34H40N4O2. The molecule has 1 unspecified atom stereocenters. The van der Waals surface area contributed by atoms with Gasteiger partial charge in [-0.05, 0) is 56.0 Å². The van der Waals surface area contributed by atoms with Crippen molar-refractivity contribution in [2.24, 2.45) is 0 Å². The van der Waals surface area contributed by atoms with Crippen molar-refractivity contribution in [2.75, 3.05) is 26.2 Å². The van der Waals surface area contributed by atoms with Crippen molar-refractivity contribution in [2.45, 2.75) is 51.3 Å². The number of rotatable bonds is 11. The number of benzene rings is 3. The minimum absolute atomic E-state index is 0.169. The third kappa shape index (κ3) is 6.99. The number of aryl methyl sites for hydroxylation is 1. The molecule has 40 heavy (non-hydrogen) atoms. The number of likely N-dealkylation sites (tertiary alicyclic amines) is 1. The summed E-state index contributed by atoms with van der Waals surface area (Å²) in [5, 5.41) is 0. The van der Waals surface area contributed by atoms with E-state index in [2.05, 4.69) is 76.5 Å². The van der Waals surface area contributed by atoms with Crippen LogP contribution >= 0.6 is 0 Å². The zero-order chi connectivity index (χ0) is 27.7. The van der Waals surface area contributed by atoms with E-state index in [0.29, 0.717) is 19.1 Å². The first-order valence-corrected chi connectivity index (χ1v) is 14.4. The third-order valence-electron chi connectivity index (χ3n) is 8.05. The normalized spacial score (nSPS) is 15.1. The molecule has 0 bridgehead atoms. The van der Waals surface area contributed by atoms with Crippen molar-refractivity contribution in [3.05, 3.63) is 115 Å². The van der Waals surface area contributed by atoms with E-state index in [-0.39, 0.29) is 12.1 Å². The van der Waals surface area contributed by atoms with E-state index in [9.17, 15) is 4.79 Å². The van der Waals surface area contributed by atoms with Crippen molar-refractivity contribution in [3.8, 4) is 0 Å². The van der Waals surface area contributed by atoms with Crippen molar-refractivity contribution in [1.29, 1.82) is 0 Å². The monoisotopic (exact) mass is 536 g/mol. The van der Waals surface area contributed by atoms with Crippen LogP contribution in [0.2, 0.25) is 0 Å². The molecule has 1 amide bonds. The molecule has 6 nitrogen and oxygen atoms in total. The summed E-state index contributed by atoms with van der Waals surface area (Å²) in [5.41, 5.74) is 5.78. The van der Waals surface area contributed by atoms with Crippen LogP contribution in [0.4, 0.5) is 4.79 Å². The van der Waals surface area contributed by atoms with Gasteiger partial charge in [0.2, 0.25) is 0 Å². The summed E-state index contributed by atoms with van der Waals surface area (Å²) in [4.78, 5) is 22.0. The Labute approximate surface area is 237 Å². The molecule has 3 aromatic carbocycles. The number of amides is 1. The Morgan fingerprint density at radius 3 is 2.52 bits per heavy atom. The maximum Gasteiger partial charge on any atom is 0.410 e. The summed E-state index contributed by atoms with van der Waals surface area (Å²) in [7, 11) is 0. The van der Waals surface area contributed by atoms with Crippen LogP contribution in [0.3, 0.4) is 0 Å². The van der Waals surface area contributed by atoms with Crippen LogP contribution in [0, 0.1) is 6.92 Å². The van der Waals surface area contributed by atoms with Gasteiger partial charge in [0.25, 0.3) is 0 Å². The van der Waals surface area contributed by atoms with Crippen LogP contribution in [-0.2, 0) is 17.9 Å². The van der Waals surface area contributed by atoms with Crippen LogP contribution in [0.1, 0.15) is 41.9 Å². The van der Waals surface area contributed by atoms with Crippen LogP contribution < -0.4 is 0 Å². The maximum atomic E-state index is 13.0. The lowest BCUT2D eigenvalue weighted by molar-refractivity contribution is 0.0654. The van der Waals surface area contributed by atoms with E-state index in [1.807, 2.05) is 41.6 Å². The van der Waals surface area contributed by atoms with Crippen molar-refractivity contribution < 1.29 is 9.53 Å². The number of piperidine rings is 1. The number of carbonyl (C=O) groups excluding carboxylic acids is 1. The number of carbonyl (C=O) groups is 1. The highest BCUT2D eigenvalue weighted by Crippen LogP contribution is 2.26. The summed E-state index contributed by atoms with van der Waals surface area (Å²) in [5.74, 6) is 0.394. The van der Waals surface area contributed by atoms with E-state index in [1.165, 1.54) is 16.6 Å². The molecule has 6 heteroatoms. The Hall–Kier alpha value is -3.90. The zero-order valence-corrected chi connectivity index (χ0v) is 23.5. The lowest BCUT2D eigenvalue weighted by Crippen LogP contribution is -2.47. The van der Waals surface area contributed by atoms with Gasteiger partial charge in [0.15, 0.2) is 0 Å². The first kappa shape index (κ1) is 27.7. The molecule has 1 aliphatic rings. The van der Waals surface area contributed by atoms with Crippen molar-refractivity contribution in [3.63, 3.8) is 0 Å². The van der Waals surface area contributed by atoms with Crippen molar-refractivity contribution in [1.82, 2.24) is 19.4 Å². The summed E-state index contributed by atoms with van der Waals surface area (Å²) in [6.45, 7) is 10.6. The highest BCUT2D eigenvalue weighted by molar-refractivity contribution is 5.75. The van der Waals surface area contributed by atoms with E-state index < -0.39 is 0 Å². The van der Waals surface area contributed by atoms with E-state index in [1.54, 1.807) is 6.08 Å². The molecule has 0 radical (unpaired) electrons. The highest BCUT2D eigenvalue weighted by Gasteiger charge is 2.28. The smallest absolute Gasteiger partial charge is 0.410 e. The van der Waals surface area contributed by atoms with E-state index in [4.69, 9.17) is 4.74 Å². The summed E-state index contributed by atoms with van der Waals surface area (Å²) in [6, 6.07) is 27.4. The van der Waals surface area contributed by atoms with Gasteiger partial charge >= 0.3 is 6.09 Å². The lowest BCUT2D eigenvalue weighted by atomic mass is 9.94. The summed E-state index contributed by atoms with van der Waals surface area (Å²) >= 11 is 0. The molecule has 5 rings (SSSR count). The molecule has 2 heterocycles. The molecule has 208 valence electrons. The number of fused-ring (bicyclic) bond motifs is 1. The van der Waals surface area contributed by atoms with E-state index >= 15 is 0 Å². The molecule has 1 aliphatic heterocycles. The first-order chi connectivity index (χ1) is 19.6. The first-order valence-electron chi connectivity index (χ1n) is 14.4. The largest absolute Gasteiger partial charge is 0.445 e. The fourth-order valence-corrected chi connectivity index (χ4v) is 5.70. The zero-order valence-electron chi connectivity index (χ0n) is 23.5. The summed E-state index contributed by atoms with van der Waals surface area (Å²) in [6.07, 6.45) is 6.46. The second-order valence-electron chi connectivity index (χ2n) is 10.8. The Balaban J connectivity index is 1.16. The lowest BCUT2D eigenvalue weighted by Gasteiger charge is -2.38. The van der Waals surface area contributed by atoms with Gasteiger partial charge in [-0.1, -0.05) is 78.4 Å². The number of hydrogen-bond donors (Lipinski definition) is 0. The van der Waals surface area contributed by atoms with E-state index in [0.717, 1.165) is 56.5 Å². The fraction of sp³-hybridized carbons (Fsp3) is 0.353. The SMILES string of the molecule is C=CCN(C(=O)OCc1ccc(C)cc1)C1CCN(CCC(Cn2cnc3ccccc32)c2ccccc2)CC1. The molecular weight excluding hydrogens is 496 g/mol. The van der Waals surface area contributed by atoms with Gasteiger partial charge in [-0.3, -0.25) is 0 Å². The number of aromatic nitrogens is 2. The average Bonchev–Trinajstić information content (AvgIpc) is 3.41. The van der Waals surface area contributed by atoms with Gasteiger partial charge in [-0.25, -0.2) is 9.78 Å². The quantitative estimate of drug-likeness (QED) is 0.198. The topological polar surface area (TPSA) is 50.6 Å². The van der Waals surface area contributed by atoms with Gasteiger partial charge in [0.1, 0.15) is 6.61 Å². The Bertz CT molecular complexity index is 1370. The van der Waals surface area contributed by atoms with Gasteiger partial charge in [0.05, 0.1) is 17.4 Å². The Kier molecular flexibility index (Phi) is 9.30. The second-order valence-corrected chi connectivity index (χ2v) is 10.8. The van der Waals surface area contributed by atoms with Gasteiger partial charge in [-0.15, -0.1) is 6.58 Å². The average molecular weight is 537 g/mol. The molecule has 1 fully saturated rings. The van der Waals surface area contributed by atoms with Crippen LogP contribution in [-0.4, -0.2) is 57.7 Å². The predicted octanol–water partition coefficient (Wildman–Crippen LogP) is 6.81. The van der Waals surface area contributed by atoms with Crippen LogP contribution in [0.15, 0.2) is 97.8 Å². The maximum absolute atomic E-state index is 13.0.